The van der Waals surface area contributed by atoms with E-state index in [2.05, 4.69) is 74.0 Å². The number of aliphatic hydroxyl groups excluding tert-OH is 1. The number of aliphatic hydroxyl groups is 1. The minimum Gasteiger partial charge on any atom is -0.390 e. The zero-order valence-corrected chi connectivity index (χ0v) is 20.4. The summed E-state index contributed by atoms with van der Waals surface area (Å²) in [6.45, 7) is 16.1. The van der Waals surface area contributed by atoms with E-state index in [1.165, 1.54) is 11.1 Å². The molecule has 28 heavy (non-hydrogen) atoms. The first-order chi connectivity index (χ1) is 12.7. The van der Waals surface area contributed by atoms with Crippen molar-refractivity contribution in [3.05, 3.63) is 35.4 Å². The Hall–Kier alpha value is -0.860. The van der Waals surface area contributed by atoms with E-state index in [0.29, 0.717) is 13.1 Å². The molecule has 2 aliphatic rings. The number of likely N-dealkylation sites (tertiary alicyclic amines) is 1. The molecule has 5 nitrogen and oxygen atoms in total. The molecule has 0 aromatic heterocycles. The molecule has 2 heterocycles. The first-order valence-corrected chi connectivity index (χ1v) is 10.3. The third kappa shape index (κ3) is 4.82. The zero-order valence-electron chi connectivity index (χ0n) is 18.0. The fourth-order valence-electron chi connectivity index (χ4n) is 4.05. The lowest BCUT2D eigenvalue weighted by Gasteiger charge is -2.62. The normalized spacial score (nSPS) is 21.9. The van der Waals surface area contributed by atoms with Crippen LogP contribution in [0.25, 0.3) is 0 Å². The predicted molar refractivity (Wildman–Crippen MR) is 127 cm³/mol. The Morgan fingerprint density at radius 1 is 1.21 bits per heavy atom. The summed E-state index contributed by atoms with van der Waals surface area (Å²) in [6, 6.07) is 8.62. The fraction of sp³-hybridized carbons (Fsp3) is 0.682. The van der Waals surface area contributed by atoms with Gasteiger partial charge in [-0.15, -0.1) is 24.0 Å². The van der Waals surface area contributed by atoms with Gasteiger partial charge in [0, 0.05) is 43.7 Å². The Labute approximate surface area is 187 Å². The van der Waals surface area contributed by atoms with Gasteiger partial charge in [-0.1, -0.05) is 38.1 Å². The molecule has 1 saturated heterocycles. The minimum atomic E-state index is -0.443. The van der Waals surface area contributed by atoms with Crippen molar-refractivity contribution in [2.75, 3.05) is 32.7 Å². The van der Waals surface area contributed by atoms with Gasteiger partial charge in [-0.2, -0.15) is 0 Å². The summed E-state index contributed by atoms with van der Waals surface area (Å²) in [4.78, 5) is 9.43. The monoisotopic (exact) mass is 500 g/mol. The SMILES string of the molecule is CCNC(=NCC(O)CN1CCc2ccccc2C1)N1CC(C)(C)C1(C)C.I. The molecule has 0 amide bonds. The van der Waals surface area contributed by atoms with Gasteiger partial charge in [-0.05, 0) is 38.3 Å². The molecule has 6 heteroatoms. The highest BCUT2D eigenvalue weighted by atomic mass is 127. The number of halogens is 1. The molecular weight excluding hydrogens is 463 g/mol. The molecule has 1 atom stereocenters. The van der Waals surface area contributed by atoms with Crippen LogP contribution in [0.1, 0.15) is 45.7 Å². The maximum absolute atomic E-state index is 10.6. The van der Waals surface area contributed by atoms with Gasteiger partial charge in [0.05, 0.1) is 12.6 Å². The molecule has 1 fully saturated rings. The van der Waals surface area contributed by atoms with Crippen LogP contribution in [-0.2, 0) is 13.0 Å². The molecule has 1 aromatic rings. The summed E-state index contributed by atoms with van der Waals surface area (Å²) in [5.74, 6) is 0.921. The lowest BCUT2D eigenvalue weighted by molar-refractivity contribution is -0.0669. The molecular formula is C22H37IN4O. The summed E-state index contributed by atoms with van der Waals surface area (Å²) in [6.07, 6.45) is 0.618. The van der Waals surface area contributed by atoms with Crippen LogP contribution < -0.4 is 5.32 Å². The first-order valence-electron chi connectivity index (χ1n) is 10.3. The van der Waals surface area contributed by atoms with Gasteiger partial charge in [0.25, 0.3) is 0 Å². The van der Waals surface area contributed by atoms with Crippen molar-refractivity contribution >= 4 is 29.9 Å². The number of fused-ring (bicyclic) bond motifs is 1. The van der Waals surface area contributed by atoms with Gasteiger partial charge >= 0.3 is 0 Å². The maximum Gasteiger partial charge on any atom is 0.194 e. The fourth-order valence-corrected chi connectivity index (χ4v) is 4.05. The second-order valence-corrected chi connectivity index (χ2v) is 9.13. The van der Waals surface area contributed by atoms with Crippen LogP contribution in [0.3, 0.4) is 0 Å². The van der Waals surface area contributed by atoms with Gasteiger partial charge in [-0.3, -0.25) is 9.89 Å². The second kappa shape index (κ2) is 9.30. The first kappa shape index (κ1) is 23.4. The van der Waals surface area contributed by atoms with E-state index in [-0.39, 0.29) is 34.9 Å². The van der Waals surface area contributed by atoms with E-state index in [1.54, 1.807) is 0 Å². The van der Waals surface area contributed by atoms with Crippen molar-refractivity contribution in [1.82, 2.24) is 15.1 Å². The summed E-state index contributed by atoms with van der Waals surface area (Å²) < 4.78 is 0. The third-order valence-electron chi connectivity index (χ3n) is 6.61. The van der Waals surface area contributed by atoms with Crippen LogP contribution >= 0.6 is 24.0 Å². The molecule has 1 aromatic carbocycles. The van der Waals surface area contributed by atoms with E-state index in [0.717, 1.165) is 38.6 Å². The van der Waals surface area contributed by atoms with Crippen LogP contribution in [0.2, 0.25) is 0 Å². The molecule has 1 unspecified atom stereocenters. The van der Waals surface area contributed by atoms with Crippen molar-refractivity contribution in [3.63, 3.8) is 0 Å². The predicted octanol–water partition coefficient (Wildman–Crippen LogP) is 3.11. The molecule has 0 radical (unpaired) electrons. The number of nitrogens with one attached hydrogen (secondary N) is 1. The molecule has 3 rings (SSSR count). The largest absolute Gasteiger partial charge is 0.390 e. The average Bonchev–Trinajstić information content (AvgIpc) is 2.63. The van der Waals surface area contributed by atoms with Crippen LogP contribution in [0.4, 0.5) is 0 Å². The summed E-state index contributed by atoms with van der Waals surface area (Å²) in [7, 11) is 0. The van der Waals surface area contributed by atoms with Gasteiger partial charge in [0.15, 0.2) is 5.96 Å². The van der Waals surface area contributed by atoms with E-state index in [4.69, 9.17) is 4.99 Å². The van der Waals surface area contributed by atoms with Gasteiger partial charge < -0.3 is 15.3 Å². The van der Waals surface area contributed by atoms with Crippen molar-refractivity contribution in [3.8, 4) is 0 Å². The quantitative estimate of drug-likeness (QED) is 0.371. The Bertz CT molecular complexity index is 689. The Balaban J connectivity index is 0.00000280. The Morgan fingerprint density at radius 3 is 2.50 bits per heavy atom. The third-order valence-corrected chi connectivity index (χ3v) is 6.61. The highest BCUT2D eigenvalue weighted by Gasteiger charge is 2.53. The summed E-state index contributed by atoms with van der Waals surface area (Å²) >= 11 is 0. The average molecular weight is 500 g/mol. The summed E-state index contributed by atoms with van der Waals surface area (Å²) in [5, 5.41) is 14.0. The molecule has 0 aliphatic carbocycles. The number of benzene rings is 1. The highest BCUT2D eigenvalue weighted by molar-refractivity contribution is 14.0. The number of aliphatic imine (C=N–C) groups is 1. The van der Waals surface area contributed by atoms with Crippen LogP contribution in [0.5, 0.6) is 0 Å². The van der Waals surface area contributed by atoms with Crippen LogP contribution in [0.15, 0.2) is 29.3 Å². The standard InChI is InChI=1S/C22H36N4O.HI/c1-6-23-20(26-16-21(2,3)22(26,4)5)24-13-19(27)15-25-12-11-17-9-7-8-10-18(17)14-25;/h7-10,19,27H,6,11-16H2,1-5H3,(H,23,24);1H. The smallest absolute Gasteiger partial charge is 0.194 e. The summed E-state index contributed by atoms with van der Waals surface area (Å²) in [5.41, 5.74) is 3.16. The number of nitrogens with zero attached hydrogens (tertiary/aromatic N) is 3. The molecule has 2 aliphatic heterocycles. The van der Waals surface area contributed by atoms with Crippen molar-refractivity contribution < 1.29 is 5.11 Å². The number of β-amino-alcohol motifs (C(OH)–C–C–N with tert-alkyl or cyclic N) is 1. The maximum atomic E-state index is 10.6. The molecule has 0 bridgehead atoms. The molecule has 0 spiro atoms. The minimum absolute atomic E-state index is 0. The highest BCUT2D eigenvalue weighted by Crippen LogP contribution is 2.46. The Morgan fingerprint density at radius 2 is 1.89 bits per heavy atom. The number of rotatable bonds is 5. The van der Waals surface area contributed by atoms with Crippen molar-refractivity contribution in [2.24, 2.45) is 10.4 Å². The van der Waals surface area contributed by atoms with E-state index in [9.17, 15) is 5.11 Å². The van der Waals surface area contributed by atoms with Crippen LogP contribution in [-0.4, -0.2) is 65.2 Å². The van der Waals surface area contributed by atoms with Crippen molar-refractivity contribution in [2.45, 2.75) is 59.2 Å². The lowest BCUT2D eigenvalue weighted by Crippen LogP contribution is -2.72. The number of guanidine groups is 1. The van der Waals surface area contributed by atoms with E-state index < -0.39 is 6.10 Å². The van der Waals surface area contributed by atoms with Gasteiger partial charge in [0.1, 0.15) is 0 Å². The van der Waals surface area contributed by atoms with E-state index >= 15 is 0 Å². The van der Waals surface area contributed by atoms with Crippen molar-refractivity contribution in [1.29, 1.82) is 0 Å². The van der Waals surface area contributed by atoms with Gasteiger partial charge in [-0.25, -0.2) is 0 Å². The number of hydrogen-bond acceptors (Lipinski definition) is 3. The molecule has 158 valence electrons. The molecule has 0 saturated carbocycles. The van der Waals surface area contributed by atoms with Crippen LogP contribution in [0, 0.1) is 5.41 Å². The second-order valence-electron chi connectivity index (χ2n) is 9.13. The topological polar surface area (TPSA) is 51.1 Å². The Kier molecular flexibility index (Phi) is 7.78. The number of hydrogen-bond donors (Lipinski definition) is 2. The molecule has 2 N–H and O–H groups in total. The zero-order chi connectivity index (χ0) is 19.7. The van der Waals surface area contributed by atoms with Gasteiger partial charge in [0.2, 0.25) is 0 Å². The lowest BCUT2D eigenvalue weighted by atomic mass is 9.65. The van der Waals surface area contributed by atoms with E-state index in [1.807, 2.05) is 0 Å².